The first kappa shape index (κ1) is 65.8. The van der Waals surface area contributed by atoms with Gasteiger partial charge in [0.25, 0.3) is 5.79 Å². The van der Waals surface area contributed by atoms with Crippen molar-refractivity contribution in [2.75, 3.05) is 26.4 Å². The van der Waals surface area contributed by atoms with Crippen LogP contribution in [-0.2, 0) is 42.8 Å². The van der Waals surface area contributed by atoms with Crippen molar-refractivity contribution in [2.24, 2.45) is 0 Å². The van der Waals surface area contributed by atoms with Crippen molar-refractivity contribution in [3.05, 3.63) is 12.2 Å². The summed E-state index contributed by atoms with van der Waals surface area (Å²) < 4.78 is 34.5. The van der Waals surface area contributed by atoms with E-state index in [2.05, 4.69) is 36.6 Å². The Morgan fingerprint density at radius 1 is 0.689 bits per heavy atom. The number of unbranched alkanes of at least 4 members (excludes halogenated alkanes) is 15. The number of carboxylic acid groups (broad SMARTS) is 1. The molecular weight excluding hydrogens is 977 g/mol. The molecular formula is C51H92N2O21. The molecule has 0 aromatic rings. The van der Waals surface area contributed by atoms with Crippen LogP contribution in [-0.4, -0.2) is 215 Å². The average molecular weight is 1070 g/mol. The van der Waals surface area contributed by atoms with Gasteiger partial charge in [-0.1, -0.05) is 116 Å². The van der Waals surface area contributed by atoms with Crippen LogP contribution >= 0.6 is 0 Å². The van der Waals surface area contributed by atoms with Gasteiger partial charge >= 0.3 is 5.97 Å². The molecule has 74 heavy (non-hydrogen) atoms. The largest absolute Gasteiger partial charge is 0.477 e. The zero-order chi connectivity index (χ0) is 54.8. The normalized spacial score (nSPS) is 32.2. The summed E-state index contributed by atoms with van der Waals surface area (Å²) in [6.07, 6.45) is -5.60. The summed E-state index contributed by atoms with van der Waals surface area (Å²) in [4.78, 5) is 38.2. The van der Waals surface area contributed by atoms with Crippen LogP contribution in [0.15, 0.2) is 12.2 Å². The Morgan fingerprint density at radius 3 is 1.86 bits per heavy atom. The molecule has 2 amide bonds. The number of aliphatic hydroxyl groups excluding tert-OH is 11. The van der Waals surface area contributed by atoms with Crippen LogP contribution in [0.5, 0.6) is 0 Å². The molecule has 23 nitrogen and oxygen atoms in total. The van der Waals surface area contributed by atoms with E-state index < -0.39 is 148 Å². The Kier molecular flexibility index (Phi) is 31.2. The SMILES string of the molecule is CCCC/C=C\CCCCCCCC(=O)NC(COC1OC(CO)C(OC2OC(CO)C(O)C(OC3(C(=O)O)CC(O)C(NC(C)=O)C(C(O)C(O)CO)O3)C2O)C(O)C1O)C(O)CCCCCCCCCCC. The van der Waals surface area contributed by atoms with Crippen molar-refractivity contribution >= 4 is 17.8 Å². The zero-order valence-electron chi connectivity index (χ0n) is 43.7. The van der Waals surface area contributed by atoms with Gasteiger partial charge in [-0.2, -0.15) is 0 Å². The second-order valence-corrected chi connectivity index (χ2v) is 20.1. The van der Waals surface area contributed by atoms with Crippen LogP contribution in [0, 0.1) is 0 Å². The zero-order valence-corrected chi connectivity index (χ0v) is 43.7. The molecule has 432 valence electrons. The van der Waals surface area contributed by atoms with Gasteiger partial charge in [0.15, 0.2) is 12.6 Å². The molecule has 18 unspecified atom stereocenters. The van der Waals surface area contributed by atoms with E-state index in [1.54, 1.807) is 0 Å². The maximum absolute atomic E-state index is 13.2. The number of amides is 2. The van der Waals surface area contributed by atoms with Crippen LogP contribution < -0.4 is 10.6 Å². The summed E-state index contributed by atoms with van der Waals surface area (Å²) in [5.41, 5.74) is 0. The minimum absolute atomic E-state index is 0.212. The van der Waals surface area contributed by atoms with Crippen molar-refractivity contribution in [3.8, 4) is 0 Å². The van der Waals surface area contributed by atoms with E-state index in [-0.39, 0.29) is 18.9 Å². The highest BCUT2D eigenvalue weighted by Gasteiger charge is 2.60. The minimum Gasteiger partial charge on any atom is -0.477 e. The lowest BCUT2D eigenvalue weighted by Gasteiger charge is -2.50. The monoisotopic (exact) mass is 1070 g/mol. The Morgan fingerprint density at radius 2 is 1.27 bits per heavy atom. The molecule has 14 N–H and O–H groups in total. The highest BCUT2D eigenvalue weighted by molar-refractivity contribution is 5.77. The third-order valence-corrected chi connectivity index (χ3v) is 14.0. The number of nitrogens with one attached hydrogen (secondary N) is 2. The molecule has 0 radical (unpaired) electrons. The molecule has 3 rings (SSSR count). The fourth-order valence-corrected chi connectivity index (χ4v) is 9.51. The molecule has 3 fully saturated rings. The van der Waals surface area contributed by atoms with E-state index in [4.69, 9.17) is 28.4 Å². The summed E-state index contributed by atoms with van der Waals surface area (Å²) in [6, 6.07) is -2.53. The molecule has 0 aliphatic carbocycles. The number of allylic oxidation sites excluding steroid dienone is 2. The average Bonchev–Trinajstić information content (AvgIpc) is 3.37. The molecule has 3 heterocycles. The Labute approximate surface area is 435 Å². The molecule has 3 saturated heterocycles. The topological polar surface area (TPSA) is 373 Å². The van der Waals surface area contributed by atoms with E-state index in [1.807, 2.05) is 0 Å². The van der Waals surface area contributed by atoms with Crippen LogP contribution in [0.25, 0.3) is 0 Å². The number of carboxylic acids is 1. The smallest absolute Gasteiger partial charge is 0.364 e. The van der Waals surface area contributed by atoms with Gasteiger partial charge in [0.2, 0.25) is 11.8 Å². The molecule has 0 saturated carbocycles. The van der Waals surface area contributed by atoms with E-state index in [0.717, 1.165) is 71.1 Å². The highest BCUT2D eigenvalue weighted by atomic mass is 16.8. The van der Waals surface area contributed by atoms with Crippen molar-refractivity contribution in [1.82, 2.24) is 10.6 Å². The minimum atomic E-state index is -3.07. The predicted octanol–water partition coefficient (Wildman–Crippen LogP) is 0.0446. The van der Waals surface area contributed by atoms with Crippen LogP contribution in [0.2, 0.25) is 0 Å². The second kappa shape index (κ2) is 35.1. The summed E-state index contributed by atoms with van der Waals surface area (Å²) in [7, 11) is 0. The highest BCUT2D eigenvalue weighted by Crippen LogP contribution is 2.38. The van der Waals surface area contributed by atoms with Crippen molar-refractivity contribution in [1.29, 1.82) is 0 Å². The van der Waals surface area contributed by atoms with E-state index in [9.17, 15) is 75.7 Å². The first-order valence-electron chi connectivity index (χ1n) is 27.0. The number of aliphatic hydroxyl groups is 11. The standard InChI is InChI=1S/C51H92N2O21/c1-4-6-8-10-12-14-15-17-19-21-23-25-38(61)53-32(33(58)24-22-20-18-16-13-11-9-7-5-2)30-69-48-43(65)42(64)45(37(29-56)71-48)72-49-44(66)47(41(63)36(28-55)70-49)74-51(50(67)68)26-34(59)39(52-31(3)57)46(73-51)40(62)35(60)27-54/h10,12,32-37,39-49,54-56,58-60,62-66H,4-9,11,13-30H2,1-3H3,(H,52,57)(H,53,61)(H,67,68)/b12-10-. The third kappa shape index (κ3) is 20.7. The first-order valence-corrected chi connectivity index (χ1v) is 27.0. The Balaban J connectivity index is 1.72. The van der Waals surface area contributed by atoms with Crippen molar-refractivity contribution in [3.63, 3.8) is 0 Å². The Hall–Kier alpha value is -2.53. The summed E-state index contributed by atoms with van der Waals surface area (Å²) in [6.45, 7) is 2.04. The molecule has 0 spiro atoms. The molecule has 0 aromatic heterocycles. The fourth-order valence-electron chi connectivity index (χ4n) is 9.51. The summed E-state index contributed by atoms with van der Waals surface area (Å²) >= 11 is 0. The van der Waals surface area contributed by atoms with Crippen molar-refractivity contribution in [2.45, 2.75) is 265 Å². The molecule has 3 aliphatic rings. The maximum atomic E-state index is 13.2. The number of rotatable bonds is 37. The lowest BCUT2D eigenvalue weighted by Crippen LogP contribution is -2.70. The van der Waals surface area contributed by atoms with Gasteiger partial charge in [-0.15, -0.1) is 0 Å². The number of ether oxygens (including phenoxy) is 6. The summed E-state index contributed by atoms with van der Waals surface area (Å²) in [5, 5.41) is 135. The lowest BCUT2D eigenvalue weighted by atomic mass is 9.88. The van der Waals surface area contributed by atoms with Crippen LogP contribution in [0.3, 0.4) is 0 Å². The Bertz CT molecular complexity index is 1600. The maximum Gasteiger partial charge on any atom is 0.364 e. The van der Waals surface area contributed by atoms with Gasteiger partial charge in [0, 0.05) is 19.8 Å². The van der Waals surface area contributed by atoms with Gasteiger partial charge < -0.3 is 100 Å². The van der Waals surface area contributed by atoms with Gasteiger partial charge in [-0.25, -0.2) is 4.79 Å². The quantitative estimate of drug-likeness (QED) is 0.0289. The number of hydrogen-bond donors (Lipinski definition) is 14. The molecule has 18 atom stereocenters. The number of aliphatic carboxylic acids is 1. The first-order chi connectivity index (χ1) is 35.4. The van der Waals surface area contributed by atoms with Crippen molar-refractivity contribution < 1.29 is 104 Å². The second-order valence-electron chi connectivity index (χ2n) is 20.1. The van der Waals surface area contributed by atoms with E-state index in [0.29, 0.717) is 19.3 Å². The van der Waals surface area contributed by atoms with Crippen LogP contribution in [0.1, 0.15) is 156 Å². The molecule has 0 aromatic carbocycles. The number of carbonyl (C=O) groups is 3. The van der Waals surface area contributed by atoms with E-state index in [1.165, 1.54) is 38.5 Å². The van der Waals surface area contributed by atoms with Gasteiger partial charge in [-0.3, -0.25) is 9.59 Å². The molecule has 3 aliphatic heterocycles. The summed E-state index contributed by atoms with van der Waals surface area (Å²) in [5.74, 6) is -6.12. The molecule has 23 heteroatoms. The predicted molar refractivity (Wildman–Crippen MR) is 265 cm³/mol. The number of hydrogen-bond acceptors (Lipinski definition) is 20. The molecule has 0 bridgehead atoms. The van der Waals surface area contributed by atoms with Crippen LogP contribution in [0.4, 0.5) is 0 Å². The fraction of sp³-hybridized carbons (Fsp3) is 0.902. The van der Waals surface area contributed by atoms with E-state index >= 15 is 0 Å². The van der Waals surface area contributed by atoms with Gasteiger partial charge in [0.1, 0.15) is 67.1 Å². The van der Waals surface area contributed by atoms with Gasteiger partial charge in [0.05, 0.1) is 50.7 Å². The number of carbonyl (C=O) groups excluding carboxylic acids is 2. The lowest BCUT2D eigenvalue weighted by molar-refractivity contribution is -0.386. The van der Waals surface area contributed by atoms with Gasteiger partial charge in [-0.05, 0) is 32.1 Å². The third-order valence-electron chi connectivity index (χ3n) is 14.0.